The molecule has 0 aliphatic rings. The standard InChI is InChI=1S/C12H21N3O2S/c1-5-13-12-8-11(6-7-14-12)18(16,17)15-10(4)9(2)3/h6-10,15H,5H2,1-4H3,(H,13,14). The number of hydrogen-bond donors (Lipinski definition) is 2. The topological polar surface area (TPSA) is 71.1 Å². The second kappa shape index (κ2) is 6.15. The van der Waals surface area contributed by atoms with E-state index in [0.717, 1.165) is 0 Å². The maximum Gasteiger partial charge on any atom is 0.241 e. The number of sulfonamides is 1. The van der Waals surface area contributed by atoms with E-state index in [2.05, 4.69) is 15.0 Å². The van der Waals surface area contributed by atoms with E-state index in [9.17, 15) is 8.42 Å². The molecule has 0 spiro atoms. The van der Waals surface area contributed by atoms with Crippen LogP contribution in [0.5, 0.6) is 0 Å². The highest BCUT2D eigenvalue weighted by atomic mass is 32.2. The van der Waals surface area contributed by atoms with Crippen LogP contribution in [-0.2, 0) is 10.0 Å². The van der Waals surface area contributed by atoms with Crippen molar-refractivity contribution in [2.24, 2.45) is 5.92 Å². The first kappa shape index (κ1) is 14.9. The molecule has 1 unspecified atom stereocenters. The van der Waals surface area contributed by atoms with Gasteiger partial charge in [-0.2, -0.15) is 0 Å². The van der Waals surface area contributed by atoms with Gasteiger partial charge in [0.25, 0.3) is 0 Å². The minimum absolute atomic E-state index is 0.106. The Morgan fingerprint density at radius 1 is 1.33 bits per heavy atom. The van der Waals surface area contributed by atoms with Gasteiger partial charge in [0.1, 0.15) is 5.82 Å². The Labute approximate surface area is 109 Å². The molecular weight excluding hydrogens is 250 g/mol. The third kappa shape index (κ3) is 3.96. The Morgan fingerprint density at radius 2 is 2.00 bits per heavy atom. The molecule has 6 heteroatoms. The zero-order valence-electron chi connectivity index (χ0n) is 11.3. The van der Waals surface area contributed by atoms with E-state index in [4.69, 9.17) is 0 Å². The number of rotatable bonds is 6. The lowest BCUT2D eigenvalue weighted by Crippen LogP contribution is -2.36. The van der Waals surface area contributed by atoms with Gasteiger partial charge in [-0.15, -0.1) is 0 Å². The molecule has 1 atom stereocenters. The lowest BCUT2D eigenvalue weighted by atomic mass is 10.1. The largest absolute Gasteiger partial charge is 0.370 e. The van der Waals surface area contributed by atoms with Gasteiger partial charge in [-0.3, -0.25) is 0 Å². The third-order valence-corrected chi connectivity index (χ3v) is 4.30. The third-order valence-electron chi connectivity index (χ3n) is 2.74. The Bertz CT molecular complexity index is 486. The fourth-order valence-corrected chi connectivity index (χ4v) is 2.71. The van der Waals surface area contributed by atoms with Crippen LogP contribution in [0.15, 0.2) is 23.2 Å². The number of aromatic nitrogens is 1. The van der Waals surface area contributed by atoms with E-state index in [0.29, 0.717) is 12.4 Å². The van der Waals surface area contributed by atoms with E-state index in [1.54, 1.807) is 6.07 Å². The second-order valence-corrected chi connectivity index (χ2v) is 6.28. The lowest BCUT2D eigenvalue weighted by Gasteiger charge is -2.17. The van der Waals surface area contributed by atoms with Crippen LogP contribution < -0.4 is 10.0 Å². The number of nitrogens with zero attached hydrogens (tertiary/aromatic N) is 1. The van der Waals surface area contributed by atoms with Crippen molar-refractivity contribution in [3.05, 3.63) is 18.3 Å². The van der Waals surface area contributed by atoms with Crippen molar-refractivity contribution in [3.63, 3.8) is 0 Å². The molecule has 0 saturated heterocycles. The molecule has 2 N–H and O–H groups in total. The molecule has 102 valence electrons. The van der Waals surface area contributed by atoms with Gasteiger partial charge in [-0.1, -0.05) is 13.8 Å². The van der Waals surface area contributed by atoms with Gasteiger partial charge < -0.3 is 5.32 Å². The van der Waals surface area contributed by atoms with Crippen molar-refractivity contribution >= 4 is 15.8 Å². The summed E-state index contributed by atoms with van der Waals surface area (Å²) in [4.78, 5) is 4.29. The number of pyridine rings is 1. The van der Waals surface area contributed by atoms with Crippen LogP contribution in [0.4, 0.5) is 5.82 Å². The number of anilines is 1. The normalized spacial score (nSPS) is 13.6. The molecule has 18 heavy (non-hydrogen) atoms. The lowest BCUT2D eigenvalue weighted by molar-refractivity contribution is 0.476. The first-order chi connectivity index (χ1) is 8.36. The minimum Gasteiger partial charge on any atom is -0.370 e. The monoisotopic (exact) mass is 271 g/mol. The maximum atomic E-state index is 12.1. The van der Waals surface area contributed by atoms with Gasteiger partial charge in [0.2, 0.25) is 10.0 Å². The van der Waals surface area contributed by atoms with Crippen LogP contribution in [0.2, 0.25) is 0 Å². The quantitative estimate of drug-likeness (QED) is 0.828. The average molecular weight is 271 g/mol. The Hall–Kier alpha value is -1.14. The zero-order valence-corrected chi connectivity index (χ0v) is 12.1. The van der Waals surface area contributed by atoms with Crippen LogP contribution in [0, 0.1) is 5.92 Å². The van der Waals surface area contributed by atoms with Gasteiger partial charge in [0.05, 0.1) is 4.90 Å². The highest BCUT2D eigenvalue weighted by molar-refractivity contribution is 7.89. The molecule has 1 aromatic heterocycles. The van der Waals surface area contributed by atoms with E-state index >= 15 is 0 Å². The van der Waals surface area contributed by atoms with Crippen molar-refractivity contribution < 1.29 is 8.42 Å². The highest BCUT2D eigenvalue weighted by Crippen LogP contribution is 2.14. The fourth-order valence-electron chi connectivity index (χ4n) is 1.30. The zero-order chi connectivity index (χ0) is 13.8. The first-order valence-corrected chi connectivity index (χ1v) is 7.57. The SMILES string of the molecule is CCNc1cc(S(=O)(=O)NC(C)C(C)C)ccn1. The van der Waals surface area contributed by atoms with Crippen molar-refractivity contribution in [1.82, 2.24) is 9.71 Å². The summed E-state index contributed by atoms with van der Waals surface area (Å²) in [6, 6.07) is 2.93. The molecular formula is C12H21N3O2S. The Kier molecular flexibility index (Phi) is 5.10. The summed E-state index contributed by atoms with van der Waals surface area (Å²) >= 11 is 0. The smallest absolute Gasteiger partial charge is 0.241 e. The fraction of sp³-hybridized carbons (Fsp3) is 0.583. The second-order valence-electron chi connectivity index (χ2n) is 4.56. The molecule has 0 radical (unpaired) electrons. The van der Waals surface area contributed by atoms with Crippen LogP contribution >= 0.6 is 0 Å². The Morgan fingerprint density at radius 3 is 2.56 bits per heavy atom. The van der Waals surface area contributed by atoms with E-state index in [1.807, 2.05) is 27.7 Å². The molecule has 0 aliphatic carbocycles. The van der Waals surface area contributed by atoms with Gasteiger partial charge >= 0.3 is 0 Å². The highest BCUT2D eigenvalue weighted by Gasteiger charge is 2.19. The summed E-state index contributed by atoms with van der Waals surface area (Å²) in [6.07, 6.45) is 1.49. The predicted molar refractivity (Wildman–Crippen MR) is 73.0 cm³/mol. The van der Waals surface area contributed by atoms with Gasteiger partial charge in [0.15, 0.2) is 0 Å². The van der Waals surface area contributed by atoms with E-state index in [-0.39, 0.29) is 16.9 Å². The molecule has 5 nitrogen and oxygen atoms in total. The molecule has 0 aromatic carbocycles. The molecule has 0 aliphatic heterocycles. The Balaban J connectivity index is 2.94. The molecule has 0 amide bonds. The summed E-state index contributed by atoms with van der Waals surface area (Å²) in [6.45, 7) is 8.44. The summed E-state index contributed by atoms with van der Waals surface area (Å²) in [5.41, 5.74) is 0. The minimum atomic E-state index is -3.48. The predicted octanol–water partition coefficient (Wildman–Crippen LogP) is 1.84. The molecule has 1 rings (SSSR count). The van der Waals surface area contributed by atoms with Crippen molar-refractivity contribution in [2.75, 3.05) is 11.9 Å². The molecule has 0 saturated carbocycles. The first-order valence-electron chi connectivity index (χ1n) is 6.09. The van der Waals surface area contributed by atoms with Crippen LogP contribution in [0.25, 0.3) is 0 Å². The van der Waals surface area contributed by atoms with Crippen LogP contribution in [0.3, 0.4) is 0 Å². The van der Waals surface area contributed by atoms with Crippen molar-refractivity contribution in [2.45, 2.75) is 38.6 Å². The van der Waals surface area contributed by atoms with E-state index in [1.165, 1.54) is 12.3 Å². The van der Waals surface area contributed by atoms with Crippen LogP contribution in [-0.4, -0.2) is 26.0 Å². The molecule has 1 heterocycles. The summed E-state index contributed by atoms with van der Waals surface area (Å²) < 4.78 is 26.9. The molecule has 0 bridgehead atoms. The summed E-state index contributed by atoms with van der Waals surface area (Å²) in [5.74, 6) is 0.812. The van der Waals surface area contributed by atoms with Gasteiger partial charge in [-0.05, 0) is 25.8 Å². The number of hydrogen-bond acceptors (Lipinski definition) is 4. The van der Waals surface area contributed by atoms with Gasteiger partial charge in [0, 0.05) is 24.8 Å². The summed E-state index contributed by atoms with van der Waals surface area (Å²) in [5, 5.41) is 2.99. The van der Waals surface area contributed by atoms with E-state index < -0.39 is 10.0 Å². The summed E-state index contributed by atoms with van der Waals surface area (Å²) in [7, 11) is -3.48. The van der Waals surface area contributed by atoms with Crippen molar-refractivity contribution in [1.29, 1.82) is 0 Å². The van der Waals surface area contributed by atoms with Gasteiger partial charge in [-0.25, -0.2) is 18.1 Å². The molecule has 0 fully saturated rings. The van der Waals surface area contributed by atoms with Crippen LogP contribution in [0.1, 0.15) is 27.7 Å². The number of nitrogens with one attached hydrogen (secondary N) is 2. The average Bonchev–Trinajstić information content (AvgIpc) is 2.29. The maximum absolute atomic E-state index is 12.1. The van der Waals surface area contributed by atoms with Crippen molar-refractivity contribution in [3.8, 4) is 0 Å². The molecule has 1 aromatic rings.